The standard InChI is InChI=1S/C19H22N2O2/c1-5-11-21-15(4)20-17(13-23-19(22)14(2)3)18(21)12-16-9-7-6-8-10-16/h5-10H,1-2,11-13H2,3-4H3. The summed E-state index contributed by atoms with van der Waals surface area (Å²) in [7, 11) is 0. The number of rotatable bonds is 7. The van der Waals surface area contributed by atoms with E-state index in [0.29, 0.717) is 12.1 Å². The lowest BCUT2D eigenvalue weighted by Crippen LogP contribution is -2.09. The quantitative estimate of drug-likeness (QED) is 0.446. The Bertz CT molecular complexity index is 714. The molecule has 0 radical (unpaired) electrons. The number of hydrogen-bond acceptors (Lipinski definition) is 3. The largest absolute Gasteiger partial charge is 0.456 e. The highest BCUT2D eigenvalue weighted by Gasteiger charge is 2.16. The molecule has 0 spiro atoms. The topological polar surface area (TPSA) is 44.1 Å². The summed E-state index contributed by atoms with van der Waals surface area (Å²) in [5, 5.41) is 0. The number of aryl methyl sites for hydroxylation is 1. The van der Waals surface area contributed by atoms with E-state index in [4.69, 9.17) is 4.74 Å². The number of carbonyl (C=O) groups excluding carboxylic acids is 1. The molecule has 0 saturated carbocycles. The molecular formula is C19H22N2O2. The molecule has 0 bridgehead atoms. The van der Waals surface area contributed by atoms with Gasteiger partial charge in [0, 0.05) is 24.2 Å². The van der Waals surface area contributed by atoms with E-state index in [1.807, 2.05) is 31.2 Å². The normalized spacial score (nSPS) is 10.3. The first-order valence-electron chi connectivity index (χ1n) is 7.55. The van der Waals surface area contributed by atoms with Gasteiger partial charge in [0.25, 0.3) is 0 Å². The smallest absolute Gasteiger partial charge is 0.333 e. The van der Waals surface area contributed by atoms with Gasteiger partial charge in [0.2, 0.25) is 0 Å². The number of ether oxygens (including phenoxy) is 1. The van der Waals surface area contributed by atoms with Gasteiger partial charge >= 0.3 is 5.97 Å². The van der Waals surface area contributed by atoms with Crippen LogP contribution in [0, 0.1) is 6.92 Å². The monoisotopic (exact) mass is 310 g/mol. The summed E-state index contributed by atoms with van der Waals surface area (Å²) >= 11 is 0. The fraction of sp³-hybridized carbons (Fsp3) is 0.263. The minimum Gasteiger partial charge on any atom is -0.456 e. The third-order valence-electron chi connectivity index (χ3n) is 3.56. The Morgan fingerprint density at radius 1 is 1.35 bits per heavy atom. The Kier molecular flexibility index (Phi) is 5.52. The lowest BCUT2D eigenvalue weighted by molar-refractivity contribution is -0.140. The molecule has 1 aromatic carbocycles. The Morgan fingerprint density at radius 2 is 2.04 bits per heavy atom. The molecule has 0 N–H and O–H groups in total. The second-order valence-electron chi connectivity index (χ2n) is 5.47. The van der Waals surface area contributed by atoms with Gasteiger partial charge in [-0.05, 0) is 19.4 Å². The molecule has 0 fully saturated rings. The number of nitrogens with zero attached hydrogens (tertiary/aromatic N) is 2. The van der Waals surface area contributed by atoms with Crippen LogP contribution < -0.4 is 0 Å². The molecule has 0 aliphatic carbocycles. The first-order valence-corrected chi connectivity index (χ1v) is 7.55. The van der Waals surface area contributed by atoms with E-state index in [1.165, 1.54) is 5.56 Å². The van der Waals surface area contributed by atoms with Gasteiger partial charge in [0.1, 0.15) is 12.4 Å². The molecular weight excluding hydrogens is 288 g/mol. The van der Waals surface area contributed by atoms with Crippen molar-refractivity contribution >= 4 is 5.97 Å². The summed E-state index contributed by atoms with van der Waals surface area (Å²) in [6.07, 6.45) is 2.57. The number of allylic oxidation sites excluding steroid dienone is 1. The minimum atomic E-state index is -0.397. The molecule has 0 saturated heterocycles. The summed E-state index contributed by atoms with van der Waals surface area (Å²) in [5.74, 6) is 0.490. The zero-order valence-corrected chi connectivity index (χ0v) is 13.7. The molecule has 4 heteroatoms. The zero-order valence-electron chi connectivity index (χ0n) is 13.7. The van der Waals surface area contributed by atoms with Gasteiger partial charge in [0.05, 0.1) is 5.69 Å². The second kappa shape index (κ2) is 7.58. The molecule has 0 aliphatic heterocycles. The number of imidazole rings is 1. The van der Waals surface area contributed by atoms with E-state index in [-0.39, 0.29) is 6.61 Å². The van der Waals surface area contributed by atoms with Crippen LogP contribution in [0.15, 0.2) is 55.1 Å². The fourth-order valence-electron chi connectivity index (χ4n) is 2.40. The molecule has 1 aromatic heterocycles. The van der Waals surface area contributed by atoms with Crippen LogP contribution in [0.4, 0.5) is 0 Å². The Labute approximate surface area is 137 Å². The van der Waals surface area contributed by atoms with Crippen LogP contribution in [0.1, 0.15) is 29.7 Å². The molecule has 0 amide bonds. The minimum absolute atomic E-state index is 0.152. The maximum absolute atomic E-state index is 11.6. The van der Waals surface area contributed by atoms with Crippen LogP contribution in [0.3, 0.4) is 0 Å². The third kappa shape index (κ3) is 4.19. The predicted molar refractivity (Wildman–Crippen MR) is 91.0 cm³/mol. The molecule has 2 aromatic rings. The maximum atomic E-state index is 11.6. The van der Waals surface area contributed by atoms with Crippen molar-refractivity contribution in [2.45, 2.75) is 33.4 Å². The molecule has 23 heavy (non-hydrogen) atoms. The number of hydrogen-bond donors (Lipinski definition) is 0. The van der Waals surface area contributed by atoms with Gasteiger partial charge < -0.3 is 9.30 Å². The van der Waals surface area contributed by atoms with Gasteiger partial charge in [-0.3, -0.25) is 0 Å². The summed E-state index contributed by atoms with van der Waals surface area (Å²) in [5.41, 5.74) is 3.40. The molecule has 1 heterocycles. The van der Waals surface area contributed by atoms with E-state index in [9.17, 15) is 4.79 Å². The van der Waals surface area contributed by atoms with Crippen molar-refractivity contribution in [1.82, 2.24) is 9.55 Å². The van der Waals surface area contributed by atoms with Crippen molar-refractivity contribution in [3.63, 3.8) is 0 Å². The molecule has 120 valence electrons. The van der Waals surface area contributed by atoms with Crippen LogP contribution in [-0.4, -0.2) is 15.5 Å². The average Bonchev–Trinajstić information content (AvgIpc) is 2.82. The second-order valence-corrected chi connectivity index (χ2v) is 5.47. The van der Waals surface area contributed by atoms with Crippen molar-refractivity contribution < 1.29 is 9.53 Å². The summed E-state index contributed by atoms with van der Waals surface area (Å²) in [6, 6.07) is 10.2. The van der Waals surface area contributed by atoms with E-state index in [0.717, 1.165) is 23.6 Å². The lowest BCUT2D eigenvalue weighted by atomic mass is 10.1. The van der Waals surface area contributed by atoms with Crippen molar-refractivity contribution in [3.8, 4) is 0 Å². The molecule has 0 atom stereocenters. The van der Waals surface area contributed by atoms with Gasteiger partial charge in [-0.2, -0.15) is 0 Å². The van der Waals surface area contributed by atoms with Gasteiger partial charge in [-0.25, -0.2) is 9.78 Å². The molecule has 4 nitrogen and oxygen atoms in total. The van der Waals surface area contributed by atoms with Crippen LogP contribution >= 0.6 is 0 Å². The molecule has 0 aliphatic rings. The highest BCUT2D eigenvalue weighted by molar-refractivity contribution is 5.86. The number of esters is 1. The van der Waals surface area contributed by atoms with E-state index >= 15 is 0 Å². The van der Waals surface area contributed by atoms with E-state index in [2.05, 4.69) is 34.8 Å². The van der Waals surface area contributed by atoms with Crippen LogP contribution in [0.5, 0.6) is 0 Å². The van der Waals surface area contributed by atoms with E-state index in [1.54, 1.807) is 6.92 Å². The Balaban J connectivity index is 2.29. The highest BCUT2D eigenvalue weighted by Crippen LogP contribution is 2.18. The molecule has 2 rings (SSSR count). The van der Waals surface area contributed by atoms with Gasteiger partial charge in [0.15, 0.2) is 0 Å². The SMILES string of the molecule is C=CCn1c(C)nc(COC(=O)C(=C)C)c1Cc1ccccc1. The molecule has 0 unspecified atom stereocenters. The summed E-state index contributed by atoms with van der Waals surface area (Å²) in [4.78, 5) is 16.2. The lowest BCUT2D eigenvalue weighted by Gasteiger charge is -2.10. The van der Waals surface area contributed by atoms with Crippen molar-refractivity contribution in [1.29, 1.82) is 0 Å². The maximum Gasteiger partial charge on any atom is 0.333 e. The zero-order chi connectivity index (χ0) is 16.8. The number of benzene rings is 1. The average molecular weight is 310 g/mol. The summed E-state index contributed by atoms with van der Waals surface area (Å²) in [6.45, 7) is 11.8. The van der Waals surface area contributed by atoms with Crippen molar-refractivity contribution in [3.05, 3.63) is 77.9 Å². The Hall–Kier alpha value is -2.62. The number of carbonyl (C=O) groups is 1. The fourth-order valence-corrected chi connectivity index (χ4v) is 2.40. The highest BCUT2D eigenvalue weighted by atomic mass is 16.5. The van der Waals surface area contributed by atoms with Gasteiger partial charge in [-0.15, -0.1) is 6.58 Å². The third-order valence-corrected chi connectivity index (χ3v) is 3.56. The van der Waals surface area contributed by atoms with Crippen LogP contribution in [0.25, 0.3) is 0 Å². The summed E-state index contributed by atoms with van der Waals surface area (Å²) < 4.78 is 7.38. The number of aromatic nitrogens is 2. The first-order chi connectivity index (χ1) is 11.0. The van der Waals surface area contributed by atoms with Crippen molar-refractivity contribution in [2.24, 2.45) is 0 Å². The predicted octanol–water partition coefficient (Wildman–Crippen LogP) is 3.59. The van der Waals surface area contributed by atoms with Crippen LogP contribution in [0.2, 0.25) is 0 Å². The van der Waals surface area contributed by atoms with E-state index < -0.39 is 5.97 Å². The van der Waals surface area contributed by atoms with Crippen LogP contribution in [-0.2, 0) is 29.1 Å². The Morgan fingerprint density at radius 3 is 2.65 bits per heavy atom. The van der Waals surface area contributed by atoms with Crippen molar-refractivity contribution in [2.75, 3.05) is 0 Å². The van der Waals surface area contributed by atoms with Gasteiger partial charge in [-0.1, -0.05) is 43.0 Å². The first kappa shape index (κ1) is 16.7.